The summed E-state index contributed by atoms with van der Waals surface area (Å²) in [6, 6.07) is 0. The minimum atomic E-state index is -5.11. The van der Waals surface area contributed by atoms with Gasteiger partial charge in [-0.15, -0.1) is 0 Å². The lowest BCUT2D eigenvalue weighted by Gasteiger charge is -2.18. The van der Waals surface area contributed by atoms with E-state index in [0.29, 0.717) is 0 Å². The zero-order valence-electron chi connectivity index (χ0n) is 13.8. The van der Waals surface area contributed by atoms with Crippen molar-refractivity contribution in [1.82, 2.24) is 4.98 Å². The molecule has 10 heteroatoms. The average Bonchev–Trinajstić information content (AvgIpc) is 2.52. The Hall–Kier alpha value is -2.26. The number of aliphatic imine (C=N–C) groups is 1. The molecular formula is C15H17F5N2O3. The zero-order valence-corrected chi connectivity index (χ0v) is 13.8. The summed E-state index contributed by atoms with van der Waals surface area (Å²) >= 11 is 0. The van der Waals surface area contributed by atoms with Crippen LogP contribution in [0.3, 0.4) is 0 Å². The van der Waals surface area contributed by atoms with Crippen molar-refractivity contribution in [2.24, 2.45) is 4.99 Å². The minimum Gasteiger partial charge on any atom is -0.483 e. The van der Waals surface area contributed by atoms with Crippen LogP contribution in [-0.2, 0) is 22.1 Å². The first kappa shape index (κ1) is 20.8. The molecule has 0 aliphatic rings. The Morgan fingerprint density at radius 2 is 1.88 bits per heavy atom. The summed E-state index contributed by atoms with van der Waals surface area (Å²) in [6.45, 7) is 4.41. The van der Waals surface area contributed by atoms with E-state index in [-0.39, 0.29) is 25.2 Å². The summed E-state index contributed by atoms with van der Waals surface area (Å²) in [5.74, 6) is -1.30. The van der Waals surface area contributed by atoms with Crippen LogP contribution in [0.4, 0.5) is 27.6 Å². The number of rotatable bonds is 7. The van der Waals surface area contributed by atoms with Crippen molar-refractivity contribution in [2.45, 2.75) is 39.8 Å². The van der Waals surface area contributed by atoms with Gasteiger partial charge in [-0.1, -0.05) is 6.92 Å². The summed E-state index contributed by atoms with van der Waals surface area (Å²) < 4.78 is 75.7. The van der Waals surface area contributed by atoms with Gasteiger partial charge in [-0.2, -0.15) is 13.2 Å². The van der Waals surface area contributed by atoms with E-state index < -0.39 is 41.2 Å². The summed E-state index contributed by atoms with van der Waals surface area (Å²) in [5, 5.41) is 0. The Morgan fingerprint density at radius 1 is 1.24 bits per heavy atom. The maximum Gasteiger partial charge on any atom is 0.434 e. The van der Waals surface area contributed by atoms with Crippen LogP contribution in [0.15, 0.2) is 4.99 Å². The first-order valence-electron chi connectivity index (χ1n) is 7.42. The normalized spacial score (nSPS) is 12.0. The molecular weight excluding hydrogens is 351 g/mol. The monoisotopic (exact) mass is 368 g/mol. The van der Waals surface area contributed by atoms with Gasteiger partial charge in [-0.25, -0.2) is 23.6 Å². The van der Waals surface area contributed by atoms with Crippen LogP contribution >= 0.6 is 0 Å². The van der Waals surface area contributed by atoms with Gasteiger partial charge in [0.05, 0.1) is 24.5 Å². The SMILES string of the molecule is CCOC=Nc1c(C(F)F)nc(C(F)(F)F)c(C(=O)OCC)c1CC. The number of alkyl halides is 5. The highest BCUT2D eigenvalue weighted by atomic mass is 19.4. The Kier molecular flexibility index (Phi) is 7.25. The summed E-state index contributed by atoms with van der Waals surface area (Å²) in [5.41, 5.74) is -4.65. The van der Waals surface area contributed by atoms with Crippen LogP contribution in [0.1, 0.15) is 54.5 Å². The fraction of sp³-hybridized carbons (Fsp3) is 0.533. The number of ether oxygens (including phenoxy) is 2. The third-order valence-corrected chi connectivity index (χ3v) is 3.03. The van der Waals surface area contributed by atoms with Gasteiger partial charge in [-0.3, -0.25) is 0 Å². The molecule has 0 unspecified atom stereocenters. The van der Waals surface area contributed by atoms with E-state index in [2.05, 4.69) is 14.7 Å². The molecule has 1 heterocycles. The van der Waals surface area contributed by atoms with Crippen molar-refractivity contribution in [3.05, 3.63) is 22.5 Å². The molecule has 0 N–H and O–H groups in total. The Labute approximate surface area is 140 Å². The van der Waals surface area contributed by atoms with Crippen LogP contribution in [0, 0.1) is 0 Å². The molecule has 0 aliphatic heterocycles. The third-order valence-electron chi connectivity index (χ3n) is 3.03. The molecule has 140 valence electrons. The fourth-order valence-corrected chi connectivity index (χ4v) is 2.08. The summed E-state index contributed by atoms with van der Waals surface area (Å²) in [7, 11) is 0. The number of hydrogen-bond acceptors (Lipinski definition) is 5. The number of carbonyl (C=O) groups excluding carboxylic acids is 1. The van der Waals surface area contributed by atoms with Crippen molar-refractivity contribution >= 4 is 18.1 Å². The smallest absolute Gasteiger partial charge is 0.434 e. The van der Waals surface area contributed by atoms with E-state index in [1.807, 2.05) is 0 Å². The highest BCUT2D eigenvalue weighted by Crippen LogP contribution is 2.40. The van der Waals surface area contributed by atoms with Gasteiger partial charge in [0.15, 0.2) is 12.1 Å². The van der Waals surface area contributed by atoms with Crippen molar-refractivity contribution in [3.8, 4) is 0 Å². The molecule has 0 fully saturated rings. The average molecular weight is 368 g/mol. The second-order valence-electron chi connectivity index (χ2n) is 4.61. The van der Waals surface area contributed by atoms with E-state index in [4.69, 9.17) is 4.74 Å². The molecule has 0 radical (unpaired) electrons. The molecule has 0 aromatic carbocycles. The first-order chi connectivity index (χ1) is 11.7. The summed E-state index contributed by atoms with van der Waals surface area (Å²) in [6.07, 6.45) is -7.78. The lowest BCUT2D eigenvalue weighted by atomic mass is 9.99. The maximum absolute atomic E-state index is 13.3. The molecule has 1 rings (SSSR count). The lowest BCUT2D eigenvalue weighted by molar-refractivity contribution is -0.142. The van der Waals surface area contributed by atoms with Crippen molar-refractivity contribution in [2.75, 3.05) is 13.2 Å². The number of pyridine rings is 1. The molecule has 0 bridgehead atoms. The second kappa shape index (κ2) is 8.72. The summed E-state index contributed by atoms with van der Waals surface area (Å²) in [4.78, 5) is 18.7. The highest BCUT2D eigenvalue weighted by molar-refractivity contribution is 5.94. The van der Waals surface area contributed by atoms with E-state index in [1.165, 1.54) is 13.8 Å². The highest BCUT2D eigenvalue weighted by Gasteiger charge is 2.41. The van der Waals surface area contributed by atoms with Crippen LogP contribution in [0.25, 0.3) is 0 Å². The van der Waals surface area contributed by atoms with Gasteiger partial charge < -0.3 is 9.47 Å². The quantitative estimate of drug-likeness (QED) is 0.308. The van der Waals surface area contributed by atoms with Crippen LogP contribution in [0.2, 0.25) is 0 Å². The zero-order chi connectivity index (χ0) is 19.2. The van der Waals surface area contributed by atoms with Crippen molar-refractivity contribution in [1.29, 1.82) is 0 Å². The lowest BCUT2D eigenvalue weighted by Crippen LogP contribution is -2.21. The molecule has 1 aromatic rings. The second-order valence-corrected chi connectivity index (χ2v) is 4.61. The number of hydrogen-bond donors (Lipinski definition) is 0. The van der Waals surface area contributed by atoms with Gasteiger partial charge in [0.2, 0.25) is 0 Å². The van der Waals surface area contributed by atoms with Crippen LogP contribution in [-0.4, -0.2) is 30.6 Å². The number of esters is 1. The Morgan fingerprint density at radius 3 is 2.32 bits per heavy atom. The number of halogens is 5. The van der Waals surface area contributed by atoms with Crippen molar-refractivity contribution in [3.63, 3.8) is 0 Å². The molecule has 5 nitrogen and oxygen atoms in total. The maximum atomic E-state index is 13.3. The molecule has 0 aliphatic carbocycles. The number of nitrogens with zero attached hydrogens (tertiary/aromatic N) is 2. The molecule has 25 heavy (non-hydrogen) atoms. The largest absolute Gasteiger partial charge is 0.483 e. The fourth-order valence-electron chi connectivity index (χ4n) is 2.08. The van der Waals surface area contributed by atoms with E-state index in [0.717, 1.165) is 6.40 Å². The molecule has 0 saturated heterocycles. The van der Waals surface area contributed by atoms with Gasteiger partial charge in [-0.05, 0) is 25.8 Å². The predicted molar refractivity (Wildman–Crippen MR) is 79.3 cm³/mol. The molecule has 1 aromatic heterocycles. The van der Waals surface area contributed by atoms with Gasteiger partial charge >= 0.3 is 12.1 Å². The van der Waals surface area contributed by atoms with Crippen LogP contribution < -0.4 is 0 Å². The van der Waals surface area contributed by atoms with Gasteiger partial charge in [0.25, 0.3) is 6.43 Å². The van der Waals surface area contributed by atoms with Crippen LogP contribution in [0.5, 0.6) is 0 Å². The molecule has 0 amide bonds. The van der Waals surface area contributed by atoms with Gasteiger partial charge in [0, 0.05) is 0 Å². The topological polar surface area (TPSA) is 60.8 Å². The molecule has 0 saturated carbocycles. The molecule has 0 spiro atoms. The van der Waals surface area contributed by atoms with E-state index >= 15 is 0 Å². The predicted octanol–water partition coefficient (Wildman–Crippen LogP) is 4.47. The van der Waals surface area contributed by atoms with E-state index in [1.54, 1.807) is 6.92 Å². The first-order valence-corrected chi connectivity index (χ1v) is 7.42. The Balaban J connectivity index is 3.82. The van der Waals surface area contributed by atoms with Crippen molar-refractivity contribution < 1.29 is 36.2 Å². The number of aromatic nitrogens is 1. The number of carbonyl (C=O) groups is 1. The Bertz CT molecular complexity index is 645. The van der Waals surface area contributed by atoms with Gasteiger partial charge in [0.1, 0.15) is 5.69 Å². The third kappa shape index (κ3) is 4.86. The standard InChI is InChI=1S/C15H17F5N2O3/c1-4-8-9(14(23)25-6-3)12(15(18,19)20)22-11(13(16)17)10(8)21-7-24-5-2/h7,13H,4-6H2,1-3H3. The minimum absolute atomic E-state index is 0.168. The van der Waals surface area contributed by atoms with E-state index in [9.17, 15) is 26.7 Å². The molecule has 0 atom stereocenters.